The van der Waals surface area contributed by atoms with Crippen molar-refractivity contribution in [1.29, 1.82) is 0 Å². The van der Waals surface area contributed by atoms with Crippen LogP contribution in [0.25, 0.3) is 11.0 Å². The van der Waals surface area contributed by atoms with Crippen LogP contribution in [-0.2, 0) is 24.1 Å². The minimum Gasteiger partial charge on any atom is -0.755 e. The SMILES string of the molecule is O=S([O-])N(c1ccccc1)c1ccc2c3c(oc2c1)CCCC3. The summed E-state index contributed by atoms with van der Waals surface area (Å²) in [7, 11) is 0. The Labute approximate surface area is 137 Å². The Morgan fingerprint density at radius 1 is 1.00 bits per heavy atom. The molecule has 0 aliphatic heterocycles. The van der Waals surface area contributed by atoms with Gasteiger partial charge in [-0.25, -0.2) is 0 Å². The lowest BCUT2D eigenvalue weighted by atomic mass is 9.96. The van der Waals surface area contributed by atoms with Gasteiger partial charge in [-0.1, -0.05) is 18.2 Å². The quantitative estimate of drug-likeness (QED) is 0.676. The molecular weight excluding hydrogens is 310 g/mol. The third-order valence-electron chi connectivity index (χ3n) is 4.31. The maximum absolute atomic E-state index is 11.7. The molecule has 3 aromatic rings. The molecule has 0 amide bonds. The first-order valence-electron chi connectivity index (χ1n) is 7.73. The van der Waals surface area contributed by atoms with Gasteiger partial charge >= 0.3 is 0 Å². The van der Waals surface area contributed by atoms with E-state index in [0.717, 1.165) is 36.0 Å². The van der Waals surface area contributed by atoms with Crippen molar-refractivity contribution in [2.75, 3.05) is 4.31 Å². The van der Waals surface area contributed by atoms with Crippen LogP contribution in [0.3, 0.4) is 0 Å². The molecule has 0 spiro atoms. The highest BCUT2D eigenvalue weighted by molar-refractivity contribution is 7.81. The number of furan rings is 1. The van der Waals surface area contributed by atoms with Crippen LogP contribution in [0.2, 0.25) is 0 Å². The van der Waals surface area contributed by atoms with Crippen molar-refractivity contribution in [1.82, 2.24) is 0 Å². The summed E-state index contributed by atoms with van der Waals surface area (Å²) in [6.45, 7) is 0. The fourth-order valence-electron chi connectivity index (χ4n) is 3.26. The Morgan fingerprint density at radius 2 is 1.78 bits per heavy atom. The molecule has 0 N–H and O–H groups in total. The third-order valence-corrected chi connectivity index (χ3v) is 5.03. The summed E-state index contributed by atoms with van der Waals surface area (Å²) >= 11 is -2.40. The second kappa shape index (κ2) is 5.83. The topological polar surface area (TPSA) is 56.5 Å². The lowest BCUT2D eigenvalue weighted by molar-refractivity contribution is 0.506. The summed E-state index contributed by atoms with van der Waals surface area (Å²) in [6.07, 6.45) is 4.34. The number of anilines is 2. The molecule has 118 valence electrons. The molecule has 1 unspecified atom stereocenters. The Morgan fingerprint density at radius 3 is 2.57 bits per heavy atom. The van der Waals surface area contributed by atoms with Gasteiger partial charge in [0.15, 0.2) is 0 Å². The monoisotopic (exact) mass is 326 g/mol. The first kappa shape index (κ1) is 14.5. The van der Waals surface area contributed by atoms with Crippen molar-refractivity contribution in [2.45, 2.75) is 25.7 Å². The predicted molar refractivity (Wildman–Crippen MR) is 90.4 cm³/mol. The highest BCUT2D eigenvalue weighted by atomic mass is 32.2. The summed E-state index contributed by atoms with van der Waals surface area (Å²) in [5, 5.41) is 1.10. The molecule has 23 heavy (non-hydrogen) atoms. The predicted octanol–water partition coefficient (Wildman–Crippen LogP) is 4.24. The van der Waals surface area contributed by atoms with Gasteiger partial charge in [0.1, 0.15) is 11.3 Å². The van der Waals surface area contributed by atoms with Crippen LogP contribution in [0.4, 0.5) is 11.4 Å². The lowest BCUT2D eigenvalue weighted by Crippen LogP contribution is -2.19. The van der Waals surface area contributed by atoms with Crippen LogP contribution in [0.5, 0.6) is 0 Å². The number of nitrogens with zero attached hydrogens (tertiary/aromatic N) is 1. The Kier molecular flexibility index (Phi) is 3.67. The summed E-state index contributed by atoms with van der Waals surface area (Å²) < 4.78 is 30.7. The second-order valence-corrected chi connectivity index (χ2v) is 6.54. The van der Waals surface area contributed by atoms with Gasteiger partial charge in [0.25, 0.3) is 0 Å². The van der Waals surface area contributed by atoms with Crippen molar-refractivity contribution in [2.24, 2.45) is 0 Å². The molecule has 0 bridgehead atoms. The Balaban J connectivity index is 1.83. The van der Waals surface area contributed by atoms with E-state index < -0.39 is 11.3 Å². The van der Waals surface area contributed by atoms with Gasteiger partial charge in [0.05, 0.1) is 22.6 Å². The van der Waals surface area contributed by atoms with Gasteiger partial charge in [0, 0.05) is 23.4 Å². The Bertz CT molecular complexity index is 873. The summed E-state index contributed by atoms with van der Waals surface area (Å²) in [5.74, 6) is 1.05. The third kappa shape index (κ3) is 2.56. The molecule has 1 aliphatic carbocycles. The number of para-hydroxylation sites is 1. The van der Waals surface area contributed by atoms with Gasteiger partial charge in [-0.15, -0.1) is 0 Å². The number of benzene rings is 2. The van der Waals surface area contributed by atoms with Gasteiger partial charge in [-0.05, 0) is 43.5 Å². The number of aryl methyl sites for hydroxylation is 2. The molecule has 0 fully saturated rings. The molecule has 4 rings (SSSR count). The molecule has 1 aromatic heterocycles. The van der Waals surface area contributed by atoms with E-state index in [0.29, 0.717) is 11.4 Å². The van der Waals surface area contributed by atoms with Crippen LogP contribution in [0.15, 0.2) is 52.9 Å². The Hall–Kier alpha value is -2.11. The fraction of sp³-hybridized carbons (Fsp3) is 0.222. The number of hydrogen-bond acceptors (Lipinski definition) is 3. The van der Waals surface area contributed by atoms with E-state index in [1.54, 1.807) is 12.1 Å². The standard InChI is InChI=1S/C18H17NO3S/c20-23(21)19(13-6-2-1-3-7-13)14-10-11-16-15-8-4-5-9-17(15)22-18(16)12-14/h1-3,6-7,10-12H,4-5,8-9H2,(H,20,21)/p-1. The molecule has 0 saturated carbocycles. The smallest absolute Gasteiger partial charge is 0.136 e. The fourth-order valence-corrected chi connectivity index (χ4v) is 3.84. The van der Waals surface area contributed by atoms with Crippen molar-refractivity contribution >= 4 is 33.6 Å². The molecule has 0 radical (unpaired) electrons. The summed E-state index contributed by atoms with van der Waals surface area (Å²) in [4.78, 5) is 0. The molecule has 1 aliphatic rings. The average Bonchev–Trinajstić information content (AvgIpc) is 2.93. The van der Waals surface area contributed by atoms with E-state index >= 15 is 0 Å². The lowest BCUT2D eigenvalue weighted by Gasteiger charge is -2.26. The zero-order chi connectivity index (χ0) is 15.8. The zero-order valence-electron chi connectivity index (χ0n) is 12.5. The maximum atomic E-state index is 11.7. The van der Waals surface area contributed by atoms with E-state index in [4.69, 9.17) is 4.42 Å². The summed E-state index contributed by atoms with van der Waals surface area (Å²) in [5.41, 5.74) is 3.24. The molecule has 2 aromatic carbocycles. The van der Waals surface area contributed by atoms with Crippen LogP contribution in [0.1, 0.15) is 24.2 Å². The highest BCUT2D eigenvalue weighted by Crippen LogP contribution is 2.35. The van der Waals surface area contributed by atoms with Crippen LogP contribution < -0.4 is 4.31 Å². The molecule has 1 heterocycles. The highest BCUT2D eigenvalue weighted by Gasteiger charge is 2.19. The summed E-state index contributed by atoms with van der Waals surface area (Å²) in [6, 6.07) is 14.7. The minimum atomic E-state index is -2.40. The first-order valence-corrected chi connectivity index (χ1v) is 8.76. The molecule has 5 heteroatoms. The second-order valence-electron chi connectivity index (χ2n) is 5.74. The van der Waals surface area contributed by atoms with E-state index in [-0.39, 0.29) is 0 Å². The zero-order valence-corrected chi connectivity index (χ0v) is 13.3. The van der Waals surface area contributed by atoms with Crippen LogP contribution in [0, 0.1) is 0 Å². The van der Waals surface area contributed by atoms with Crippen molar-refractivity contribution in [3.05, 3.63) is 59.9 Å². The largest absolute Gasteiger partial charge is 0.755 e. The molecule has 0 saturated heterocycles. The van der Waals surface area contributed by atoms with Gasteiger partial charge in [-0.3, -0.25) is 8.51 Å². The maximum Gasteiger partial charge on any atom is 0.136 e. The number of fused-ring (bicyclic) bond motifs is 3. The van der Waals surface area contributed by atoms with Crippen LogP contribution >= 0.6 is 0 Å². The van der Waals surface area contributed by atoms with E-state index in [1.807, 2.05) is 36.4 Å². The van der Waals surface area contributed by atoms with Crippen molar-refractivity contribution < 1.29 is 13.2 Å². The van der Waals surface area contributed by atoms with Gasteiger partial charge in [-0.2, -0.15) is 0 Å². The van der Waals surface area contributed by atoms with E-state index in [9.17, 15) is 8.76 Å². The molecular formula is C18H16NO3S-. The first-order chi connectivity index (χ1) is 11.2. The van der Waals surface area contributed by atoms with Crippen LogP contribution in [-0.4, -0.2) is 8.76 Å². The van der Waals surface area contributed by atoms with E-state index in [1.165, 1.54) is 16.3 Å². The molecule has 1 atom stereocenters. The van der Waals surface area contributed by atoms with Crippen molar-refractivity contribution in [3.8, 4) is 0 Å². The minimum absolute atomic E-state index is 0.586. The number of hydrogen-bond donors (Lipinski definition) is 0. The molecule has 4 nitrogen and oxygen atoms in total. The number of rotatable bonds is 3. The van der Waals surface area contributed by atoms with Gasteiger partial charge < -0.3 is 8.97 Å². The van der Waals surface area contributed by atoms with Gasteiger partial charge in [0.2, 0.25) is 0 Å². The average molecular weight is 326 g/mol. The van der Waals surface area contributed by atoms with Crippen molar-refractivity contribution in [3.63, 3.8) is 0 Å². The van der Waals surface area contributed by atoms with E-state index in [2.05, 4.69) is 0 Å². The normalized spacial score (nSPS) is 15.3.